The predicted octanol–water partition coefficient (Wildman–Crippen LogP) is 2.94. The number of hydrogen-bond acceptors (Lipinski definition) is 3. The van der Waals surface area contributed by atoms with Crippen LogP contribution in [-0.4, -0.2) is 75.7 Å². The third-order valence-corrected chi connectivity index (χ3v) is 5.56. The molecular weight excluding hydrogens is 346 g/mol. The van der Waals surface area contributed by atoms with E-state index < -0.39 is 0 Å². The zero-order valence-corrected chi connectivity index (χ0v) is 18.5. The second-order valence-corrected chi connectivity index (χ2v) is 8.28. The molecule has 0 atom stereocenters. The van der Waals surface area contributed by atoms with Crippen molar-refractivity contribution in [2.45, 2.75) is 45.4 Å². The summed E-state index contributed by atoms with van der Waals surface area (Å²) in [5.41, 5.74) is 2.83. The average molecular weight is 388 g/mol. The maximum Gasteiger partial charge on any atom is 0.190 e. The van der Waals surface area contributed by atoms with Crippen molar-refractivity contribution in [3.05, 3.63) is 35.4 Å². The molecule has 0 bridgehead atoms. The lowest BCUT2D eigenvalue weighted by molar-refractivity contribution is 0.274. The first-order valence-corrected chi connectivity index (χ1v) is 11.0. The van der Waals surface area contributed by atoms with Crippen molar-refractivity contribution in [1.82, 2.24) is 20.4 Å². The van der Waals surface area contributed by atoms with Crippen molar-refractivity contribution < 1.29 is 0 Å². The number of nitrogens with zero attached hydrogens (tertiary/aromatic N) is 3. The fourth-order valence-electron chi connectivity index (χ4n) is 3.62. The zero-order valence-electron chi connectivity index (χ0n) is 18.5. The van der Waals surface area contributed by atoms with E-state index >= 15 is 0 Å². The molecule has 1 aromatic carbocycles. The first-order chi connectivity index (χ1) is 13.6. The van der Waals surface area contributed by atoms with Gasteiger partial charge < -0.3 is 20.4 Å². The van der Waals surface area contributed by atoms with E-state index in [1.165, 1.54) is 50.3 Å². The summed E-state index contributed by atoms with van der Waals surface area (Å²) in [5, 5.41) is 6.90. The number of aliphatic imine (C=N–C) groups is 1. The molecule has 5 heteroatoms. The Morgan fingerprint density at radius 1 is 1.00 bits per heavy atom. The van der Waals surface area contributed by atoms with E-state index in [1.54, 1.807) is 0 Å². The fraction of sp³-hybridized carbons (Fsp3) is 0.696. The minimum Gasteiger partial charge on any atom is -0.356 e. The van der Waals surface area contributed by atoms with Crippen molar-refractivity contribution in [2.24, 2.45) is 4.99 Å². The number of hydrogen-bond donors (Lipinski definition) is 2. The average Bonchev–Trinajstić information content (AvgIpc) is 2.91. The smallest absolute Gasteiger partial charge is 0.190 e. The molecule has 0 aliphatic carbocycles. The molecule has 2 rings (SSSR count). The molecule has 158 valence electrons. The minimum absolute atomic E-state index is 0.603. The molecule has 1 aromatic rings. The zero-order chi connectivity index (χ0) is 20.2. The minimum atomic E-state index is 0.603. The van der Waals surface area contributed by atoms with Gasteiger partial charge in [-0.3, -0.25) is 4.99 Å². The van der Waals surface area contributed by atoms with Crippen molar-refractivity contribution in [1.29, 1.82) is 0 Å². The van der Waals surface area contributed by atoms with Crippen molar-refractivity contribution in [3.8, 4) is 0 Å². The molecular formula is C23H41N5. The number of likely N-dealkylation sites (N-methyl/N-ethyl adjacent to an activating group) is 1. The van der Waals surface area contributed by atoms with Crippen LogP contribution in [0.2, 0.25) is 0 Å². The Bertz CT molecular complexity index is 567. The van der Waals surface area contributed by atoms with E-state index in [4.69, 9.17) is 0 Å². The van der Waals surface area contributed by atoms with Gasteiger partial charge in [-0.25, -0.2) is 0 Å². The monoisotopic (exact) mass is 387 g/mol. The van der Waals surface area contributed by atoms with Crippen LogP contribution in [-0.2, 0) is 6.42 Å². The summed E-state index contributed by atoms with van der Waals surface area (Å²) >= 11 is 0. The summed E-state index contributed by atoms with van der Waals surface area (Å²) in [4.78, 5) is 9.37. The van der Waals surface area contributed by atoms with Crippen LogP contribution in [0.4, 0.5) is 0 Å². The van der Waals surface area contributed by atoms with Gasteiger partial charge in [0.2, 0.25) is 0 Å². The summed E-state index contributed by atoms with van der Waals surface area (Å²) in [7, 11) is 4.08. The normalized spacial score (nSPS) is 17.0. The molecule has 1 aliphatic rings. The van der Waals surface area contributed by atoms with E-state index in [-0.39, 0.29) is 0 Å². The van der Waals surface area contributed by atoms with Gasteiger partial charge in [0.05, 0.1) is 0 Å². The molecule has 0 unspecified atom stereocenters. The number of nitrogens with one attached hydrogen (secondary N) is 2. The van der Waals surface area contributed by atoms with Gasteiger partial charge in [-0.2, -0.15) is 0 Å². The summed E-state index contributed by atoms with van der Waals surface area (Å²) in [5.74, 6) is 1.52. The van der Waals surface area contributed by atoms with Crippen LogP contribution in [0.1, 0.15) is 50.2 Å². The Balaban J connectivity index is 1.56. The number of aryl methyl sites for hydroxylation is 1. The Morgan fingerprint density at radius 2 is 1.71 bits per heavy atom. The molecule has 1 heterocycles. The van der Waals surface area contributed by atoms with Crippen LogP contribution in [0.15, 0.2) is 29.3 Å². The Labute approximate surface area is 172 Å². The molecule has 1 fully saturated rings. The largest absolute Gasteiger partial charge is 0.356 e. The highest BCUT2D eigenvalue weighted by Crippen LogP contribution is 2.15. The lowest BCUT2D eigenvalue weighted by atomic mass is 10.0. The first-order valence-electron chi connectivity index (χ1n) is 11.0. The van der Waals surface area contributed by atoms with Gasteiger partial charge in [0, 0.05) is 33.2 Å². The Morgan fingerprint density at radius 3 is 2.39 bits per heavy atom. The molecule has 0 spiro atoms. The highest BCUT2D eigenvalue weighted by molar-refractivity contribution is 5.79. The van der Waals surface area contributed by atoms with E-state index in [1.807, 2.05) is 7.05 Å². The van der Waals surface area contributed by atoms with Gasteiger partial charge >= 0.3 is 0 Å². The van der Waals surface area contributed by atoms with Crippen LogP contribution in [0.3, 0.4) is 0 Å². The fourth-order valence-corrected chi connectivity index (χ4v) is 3.62. The summed E-state index contributed by atoms with van der Waals surface area (Å²) in [6.45, 7) is 12.4. The van der Waals surface area contributed by atoms with Crippen LogP contribution >= 0.6 is 0 Å². The Kier molecular flexibility index (Phi) is 10.4. The highest BCUT2D eigenvalue weighted by Gasteiger charge is 2.11. The van der Waals surface area contributed by atoms with Gasteiger partial charge in [0.1, 0.15) is 0 Å². The Hall–Kier alpha value is -1.59. The van der Waals surface area contributed by atoms with E-state index in [9.17, 15) is 0 Å². The maximum absolute atomic E-state index is 4.35. The third-order valence-electron chi connectivity index (χ3n) is 5.56. The summed E-state index contributed by atoms with van der Waals surface area (Å²) in [6.07, 6.45) is 4.66. The predicted molar refractivity (Wildman–Crippen MR) is 121 cm³/mol. The second-order valence-electron chi connectivity index (χ2n) is 8.28. The van der Waals surface area contributed by atoms with Gasteiger partial charge in [0.25, 0.3) is 0 Å². The highest BCUT2D eigenvalue weighted by atomic mass is 15.2. The third kappa shape index (κ3) is 8.61. The molecule has 1 saturated heterocycles. The molecule has 0 amide bonds. The molecule has 1 aliphatic heterocycles. The number of benzene rings is 1. The van der Waals surface area contributed by atoms with Crippen molar-refractivity contribution in [3.63, 3.8) is 0 Å². The van der Waals surface area contributed by atoms with E-state index in [0.29, 0.717) is 5.92 Å². The first kappa shape index (κ1) is 22.7. The van der Waals surface area contributed by atoms with Gasteiger partial charge in [-0.15, -0.1) is 0 Å². The topological polar surface area (TPSA) is 42.9 Å². The summed E-state index contributed by atoms with van der Waals surface area (Å²) in [6, 6.07) is 9.05. The van der Waals surface area contributed by atoms with Gasteiger partial charge in [-0.05, 0) is 69.4 Å². The number of guanidine groups is 1. The maximum atomic E-state index is 4.35. The van der Waals surface area contributed by atoms with Crippen LogP contribution in [0.25, 0.3) is 0 Å². The van der Waals surface area contributed by atoms with Gasteiger partial charge in [0.15, 0.2) is 5.96 Å². The lowest BCUT2D eigenvalue weighted by Gasteiger charge is -2.20. The lowest BCUT2D eigenvalue weighted by Crippen LogP contribution is -2.39. The second kappa shape index (κ2) is 12.8. The van der Waals surface area contributed by atoms with E-state index in [2.05, 4.69) is 70.6 Å². The molecule has 0 saturated carbocycles. The van der Waals surface area contributed by atoms with Crippen LogP contribution in [0, 0.1) is 0 Å². The number of rotatable bonds is 9. The summed E-state index contributed by atoms with van der Waals surface area (Å²) < 4.78 is 0. The molecule has 0 radical (unpaired) electrons. The van der Waals surface area contributed by atoms with Crippen LogP contribution < -0.4 is 10.6 Å². The van der Waals surface area contributed by atoms with Crippen LogP contribution in [0.5, 0.6) is 0 Å². The molecule has 2 N–H and O–H groups in total. The van der Waals surface area contributed by atoms with Crippen molar-refractivity contribution >= 4 is 5.96 Å². The standard InChI is InChI=1S/C23H41N5/c1-20(2)22-11-9-21(10-12-22)8-5-13-25-23(24-3)26-14-6-16-28-17-7-15-27(4)18-19-28/h9-12,20H,5-8,13-19H2,1-4H3,(H2,24,25,26). The van der Waals surface area contributed by atoms with E-state index in [0.717, 1.165) is 38.3 Å². The van der Waals surface area contributed by atoms with Gasteiger partial charge in [-0.1, -0.05) is 38.1 Å². The molecule has 28 heavy (non-hydrogen) atoms. The molecule has 5 nitrogen and oxygen atoms in total. The molecule has 0 aromatic heterocycles. The van der Waals surface area contributed by atoms with Crippen molar-refractivity contribution in [2.75, 3.05) is 59.9 Å². The SMILES string of the molecule is CN=C(NCCCc1ccc(C(C)C)cc1)NCCCN1CCCN(C)CC1. The quantitative estimate of drug-likeness (QED) is 0.388.